The number of benzene rings is 1. The van der Waals surface area contributed by atoms with Crippen molar-refractivity contribution in [1.82, 2.24) is 4.72 Å². The molecule has 0 saturated heterocycles. The summed E-state index contributed by atoms with van der Waals surface area (Å²) in [5.74, 6) is 0. The van der Waals surface area contributed by atoms with E-state index >= 15 is 0 Å². The molecule has 1 atom stereocenters. The number of hydrogen-bond acceptors (Lipinski definition) is 4. The van der Waals surface area contributed by atoms with Crippen molar-refractivity contribution >= 4 is 44.6 Å². The van der Waals surface area contributed by atoms with Gasteiger partial charge in [-0.3, -0.25) is 0 Å². The topological polar surface area (TPSA) is 55.4 Å². The lowest BCUT2D eigenvalue weighted by molar-refractivity contribution is 0.110. The van der Waals surface area contributed by atoms with Crippen LogP contribution in [0.3, 0.4) is 0 Å². The second kappa shape index (κ2) is 7.09. The van der Waals surface area contributed by atoms with Crippen molar-refractivity contribution in [3.63, 3.8) is 0 Å². The highest BCUT2D eigenvalue weighted by Crippen LogP contribution is 2.28. The van der Waals surface area contributed by atoms with Gasteiger partial charge >= 0.3 is 0 Å². The Morgan fingerprint density at radius 3 is 2.62 bits per heavy atom. The van der Waals surface area contributed by atoms with Gasteiger partial charge in [0.05, 0.1) is 9.23 Å². The van der Waals surface area contributed by atoms with Crippen molar-refractivity contribution in [2.75, 3.05) is 13.7 Å². The Bertz CT molecular complexity index is 716. The predicted molar refractivity (Wildman–Crippen MR) is 85.7 cm³/mol. The molecule has 1 unspecified atom stereocenters. The molecule has 0 amide bonds. The van der Waals surface area contributed by atoms with E-state index in [2.05, 4.69) is 4.72 Å². The number of sulfonamides is 1. The van der Waals surface area contributed by atoms with Crippen molar-refractivity contribution < 1.29 is 13.2 Å². The fourth-order valence-corrected chi connectivity index (χ4v) is 4.18. The van der Waals surface area contributed by atoms with Gasteiger partial charge in [0.1, 0.15) is 6.10 Å². The molecule has 0 saturated carbocycles. The molecule has 1 aromatic carbocycles. The molecule has 1 N–H and O–H groups in total. The Morgan fingerprint density at radius 1 is 1.29 bits per heavy atom. The van der Waals surface area contributed by atoms with E-state index < -0.39 is 16.1 Å². The normalized spacial score (nSPS) is 13.3. The summed E-state index contributed by atoms with van der Waals surface area (Å²) in [4.78, 5) is 0.977. The third kappa shape index (κ3) is 4.42. The van der Waals surface area contributed by atoms with Crippen molar-refractivity contribution in [2.24, 2.45) is 0 Å². The molecule has 2 rings (SSSR count). The highest BCUT2D eigenvalue weighted by molar-refractivity contribution is 7.89. The van der Waals surface area contributed by atoms with Crippen LogP contribution in [0, 0.1) is 0 Å². The zero-order valence-electron chi connectivity index (χ0n) is 11.0. The predicted octanol–water partition coefficient (Wildman–Crippen LogP) is 3.72. The van der Waals surface area contributed by atoms with Gasteiger partial charge in [0, 0.05) is 23.6 Å². The van der Waals surface area contributed by atoms with E-state index in [0.717, 1.165) is 4.88 Å². The summed E-state index contributed by atoms with van der Waals surface area (Å²) in [5, 5.41) is 0.367. The molecule has 2 aromatic rings. The molecule has 0 aliphatic heterocycles. The highest BCUT2D eigenvalue weighted by atomic mass is 35.5. The Hall–Kier alpha value is -0.630. The van der Waals surface area contributed by atoms with E-state index in [1.54, 1.807) is 18.2 Å². The second-order valence-corrected chi connectivity index (χ2v) is 8.13. The molecule has 0 fully saturated rings. The molecule has 0 spiro atoms. The quantitative estimate of drug-likeness (QED) is 0.848. The molecule has 1 heterocycles. The van der Waals surface area contributed by atoms with E-state index in [1.807, 2.05) is 6.07 Å². The van der Waals surface area contributed by atoms with Crippen LogP contribution in [-0.2, 0) is 14.8 Å². The highest BCUT2D eigenvalue weighted by Gasteiger charge is 2.19. The Labute approximate surface area is 137 Å². The minimum Gasteiger partial charge on any atom is -0.375 e. The van der Waals surface area contributed by atoms with Gasteiger partial charge in [-0.15, -0.1) is 11.3 Å². The van der Waals surface area contributed by atoms with Crippen molar-refractivity contribution in [3.8, 4) is 0 Å². The summed E-state index contributed by atoms with van der Waals surface area (Å²) in [6.45, 7) is 0.113. The first kappa shape index (κ1) is 16.7. The lowest BCUT2D eigenvalue weighted by atomic mass is 10.3. The third-order valence-corrected chi connectivity index (χ3v) is 5.74. The Balaban J connectivity index is 2.10. The fraction of sp³-hybridized carbons (Fsp3) is 0.231. The molecule has 114 valence electrons. The molecular formula is C13H13Cl2NO3S2. The summed E-state index contributed by atoms with van der Waals surface area (Å²) in [5.41, 5.74) is 0. The van der Waals surface area contributed by atoms with Crippen LogP contribution in [0.1, 0.15) is 11.0 Å². The number of rotatable bonds is 6. The van der Waals surface area contributed by atoms with Gasteiger partial charge in [-0.05, 0) is 30.3 Å². The van der Waals surface area contributed by atoms with Gasteiger partial charge < -0.3 is 4.74 Å². The molecule has 8 heteroatoms. The molecule has 0 aliphatic carbocycles. The number of halogens is 2. The molecule has 0 bridgehead atoms. The van der Waals surface area contributed by atoms with Crippen LogP contribution in [0.25, 0.3) is 0 Å². The maximum atomic E-state index is 12.2. The van der Waals surface area contributed by atoms with Gasteiger partial charge in [0.2, 0.25) is 10.0 Å². The van der Waals surface area contributed by atoms with Crippen LogP contribution in [-0.4, -0.2) is 22.1 Å². The molecule has 0 radical (unpaired) electrons. The van der Waals surface area contributed by atoms with E-state index in [1.165, 1.54) is 30.6 Å². The van der Waals surface area contributed by atoms with Crippen LogP contribution in [0.2, 0.25) is 9.36 Å². The standard InChI is InChI=1S/C13H13Cl2NO3S2/c1-19-11(12-5-6-13(15)20-12)8-16-21(17,18)10-4-2-3-9(14)7-10/h2-7,11,16H,8H2,1H3. The summed E-state index contributed by atoms with van der Waals surface area (Å²) < 4.78 is 32.8. The average molecular weight is 366 g/mol. The first-order valence-corrected chi connectivity index (χ1v) is 9.01. The van der Waals surface area contributed by atoms with Gasteiger partial charge in [-0.2, -0.15) is 0 Å². The van der Waals surface area contributed by atoms with Crippen molar-refractivity contribution in [3.05, 3.63) is 50.6 Å². The van der Waals surface area contributed by atoms with Crippen LogP contribution < -0.4 is 4.72 Å². The second-order valence-electron chi connectivity index (χ2n) is 4.18. The first-order chi connectivity index (χ1) is 9.92. The monoisotopic (exact) mass is 365 g/mol. The summed E-state index contributed by atoms with van der Waals surface area (Å²) in [6, 6.07) is 9.65. The number of ether oxygens (including phenoxy) is 1. The summed E-state index contributed by atoms with van der Waals surface area (Å²) in [7, 11) is -2.11. The van der Waals surface area contributed by atoms with Crippen LogP contribution >= 0.6 is 34.5 Å². The molecule has 21 heavy (non-hydrogen) atoms. The van der Waals surface area contributed by atoms with Crippen LogP contribution in [0.15, 0.2) is 41.3 Å². The van der Waals surface area contributed by atoms with Crippen LogP contribution in [0.4, 0.5) is 0 Å². The number of nitrogens with one attached hydrogen (secondary N) is 1. The molecule has 1 aromatic heterocycles. The maximum Gasteiger partial charge on any atom is 0.240 e. The van der Waals surface area contributed by atoms with Gasteiger partial charge in [-0.25, -0.2) is 13.1 Å². The average Bonchev–Trinajstić information content (AvgIpc) is 2.86. The largest absolute Gasteiger partial charge is 0.375 e. The molecular weight excluding hydrogens is 353 g/mol. The summed E-state index contributed by atoms with van der Waals surface area (Å²) in [6.07, 6.45) is -0.392. The van der Waals surface area contributed by atoms with Gasteiger partial charge in [-0.1, -0.05) is 29.3 Å². The lowest BCUT2D eigenvalue weighted by Gasteiger charge is -2.15. The van der Waals surface area contributed by atoms with E-state index in [9.17, 15) is 8.42 Å². The van der Waals surface area contributed by atoms with Crippen molar-refractivity contribution in [1.29, 1.82) is 0 Å². The Morgan fingerprint density at radius 2 is 2.05 bits per heavy atom. The van der Waals surface area contributed by atoms with Crippen molar-refractivity contribution in [2.45, 2.75) is 11.0 Å². The number of thiophene rings is 1. The first-order valence-electron chi connectivity index (χ1n) is 5.95. The molecule has 0 aliphatic rings. The van der Waals surface area contributed by atoms with E-state index in [-0.39, 0.29) is 11.4 Å². The lowest BCUT2D eigenvalue weighted by Crippen LogP contribution is -2.29. The fourth-order valence-electron chi connectivity index (χ4n) is 1.70. The number of methoxy groups -OCH3 is 1. The SMILES string of the molecule is COC(CNS(=O)(=O)c1cccc(Cl)c1)c1ccc(Cl)s1. The minimum absolute atomic E-state index is 0.113. The smallest absolute Gasteiger partial charge is 0.240 e. The van der Waals surface area contributed by atoms with Gasteiger partial charge in [0.15, 0.2) is 0 Å². The molecule has 4 nitrogen and oxygen atoms in total. The number of hydrogen-bond donors (Lipinski definition) is 1. The Kier molecular flexibility index (Phi) is 5.65. The minimum atomic E-state index is -3.63. The summed E-state index contributed by atoms with van der Waals surface area (Å²) >= 11 is 13.0. The van der Waals surface area contributed by atoms with E-state index in [0.29, 0.717) is 9.36 Å². The third-order valence-electron chi connectivity index (χ3n) is 2.76. The van der Waals surface area contributed by atoms with E-state index in [4.69, 9.17) is 27.9 Å². The van der Waals surface area contributed by atoms with Gasteiger partial charge in [0.25, 0.3) is 0 Å². The zero-order chi connectivity index (χ0) is 15.5. The zero-order valence-corrected chi connectivity index (χ0v) is 14.2. The van der Waals surface area contributed by atoms with Crippen LogP contribution in [0.5, 0.6) is 0 Å². The maximum absolute atomic E-state index is 12.2.